The van der Waals surface area contributed by atoms with Crippen molar-refractivity contribution in [2.24, 2.45) is 5.73 Å². The largest absolute Gasteiger partial charge is 0.484 e. The minimum Gasteiger partial charge on any atom is -0.484 e. The van der Waals surface area contributed by atoms with E-state index in [2.05, 4.69) is 4.72 Å². The molecular formula is C15H16N2O6S2. The summed E-state index contributed by atoms with van der Waals surface area (Å²) in [5.74, 6) is -0.262. The Morgan fingerprint density at radius 2 is 1.48 bits per heavy atom. The van der Waals surface area contributed by atoms with Gasteiger partial charge in [0.05, 0.1) is 9.79 Å². The fourth-order valence-corrected chi connectivity index (χ4v) is 3.54. The van der Waals surface area contributed by atoms with Crippen LogP contribution in [0.3, 0.4) is 0 Å². The zero-order valence-electron chi connectivity index (χ0n) is 13.2. The van der Waals surface area contributed by atoms with Crippen LogP contribution in [0.25, 0.3) is 0 Å². The number of carbonyl (C=O) groups is 1. The number of ether oxygens (including phenoxy) is 1. The minimum absolute atomic E-state index is 0.0300. The van der Waals surface area contributed by atoms with Crippen molar-refractivity contribution in [3.8, 4) is 5.75 Å². The Kier molecular flexibility index (Phi) is 5.33. The van der Waals surface area contributed by atoms with Crippen LogP contribution in [-0.2, 0) is 24.7 Å². The maximum absolute atomic E-state index is 12.3. The van der Waals surface area contributed by atoms with Crippen LogP contribution in [0.1, 0.15) is 0 Å². The van der Waals surface area contributed by atoms with E-state index in [4.69, 9.17) is 10.5 Å². The van der Waals surface area contributed by atoms with Gasteiger partial charge in [-0.1, -0.05) is 0 Å². The highest BCUT2D eigenvalue weighted by Gasteiger charge is 2.16. The molecule has 1 amide bonds. The van der Waals surface area contributed by atoms with Crippen molar-refractivity contribution in [1.29, 1.82) is 0 Å². The number of carbonyl (C=O) groups excluding carboxylic acids is 1. The van der Waals surface area contributed by atoms with Gasteiger partial charge in [0.25, 0.3) is 15.9 Å². The minimum atomic E-state index is -3.87. The first-order chi connectivity index (χ1) is 11.6. The van der Waals surface area contributed by atoms with Gasteiger partial charge in [0.2, 0.25) is 0 Å². The molecule has 2 rings (SSSR count). The van der Waals surface area contributed by atoms with E-state index in [0.29, 0.717) is 5.75 Å². The smallest absolute Gasteiger partial charge is 0.261 e. The van der Waals surface area contributed by atoms with Gasteiger partial charge in [0, 0.05) is 11.9 Å². The Hall–Kier alpha value is -2.59. The molecule has 0 aliphatic heterocycles. The van der Waals surface area contributed by atoms with Crippen LogP contribution in [0.5, 0.6) is 5.75 Å². The maximum atomic E-state index is 12.3. The van der Waals surface area contributed by atoms with E-state index in [9.17, 15) is 21.6 Å². The second-order valence-corrected chi connectivity index (χ2v) is 8.83. The molecule has 0 heterocycles. The van der Waals surface area contributed by atoms with E-state index in [1.54, 1.807) is 0 Å². The van der Waals surface area contributed by atoms with Crippen molar-refractivity contribution in [1.82, 2.24) is 0 Å². The molecule has 0 bridgehead atoms. The van der Waals surface area contributed by atoms with E-state index in [1.807, 2.05) is 0 Å². The number of hydrogen-bond donors (Lipinski definition) is 2. The highest BCUT2D eigenvalue weighted by Crippen LogP contribution is 2.20. The molecule has 0 aliphatic rings. The Balaban J connectivity index is 2.14. The van der Waals surface area contributed by atoms with Crippen LogP contribution >= 0.6 is 0 Å². The van der Waals surface area contributed by atoms with Gasteiger partial charge in [0.1, 0.15) is 5.75 Å². The van der Waals surface area contributed by atoms with Gasteiger partial charge in [-0.15, -0.1) is 0 Å². The van der Waals surface area contributed by atoms with Crippen molar-refractivity contribution in [2.45, 2.75) is 9.79 Å². The summed E-state index contributed by atoms with van der Waals surface area (Å²) in [5, 5.41) is 0. The fraction of sp³-hybridized carbons (Fsp3) is 0.133. The first-order valence-corrected chi connectivity index (χ1v) is 10.3. The molecule has 2 aromatic carbocycles. The number of nitrogens with one attached hydrogen (secondary N) is 1. The molecule has 8 nitrogen and oxygen atoms in total. The third-order valence-electron chi connectivity index (χ3n) is 3.05. The standard InChI is InChI=1S/C15H16N2O6S2/c1-24(19,20)13-6-8-14(9-7-13)25(21,22)17-11-2-4-12(5-3-11)23-10-15(16)18/h2-9,17H,10H2,1H3,(H2,16,18). The first kappa shape index (κ1) is 18.7. The molecule has 134 valence electrons. The third kappa shape index (κ3) is 5.19. The summed E-state index contributed by atoms with van der Waals surface area (Å²) in [5.41, 5.74) is 5.24. The van der Waals surface area contributed by atoms with Gasteiger partial charge in [-0.25, -0.2) is 16.8 Å². The van der Waals surface area contributed by atoms with Crippen LogP contribution in [0.15, 0.2) is 58.3 Å². The van der Waals surface area contributed by atoms with Crippen molar-refractivity contribution < 1.29 is 26.4 Å². The first-order valence-electron chi connectivity index (χ1n) is 6.92. The lowest BCUT2D eigenvalue weighted by Gasteiger charge is -2.09. The number of rotatable bonds is 7. The van der Waals surface area contributed by atoms with Crippen LogP contribution < -0.4 is 15.2 Å². The number of hydrogen-bond acceptors (Lipinski definition) is 6. The summed E-state index contributed by atoms with van der Waals surface area (Å²) in [6.07, 6.45) is 1.04. The Morgan fingerprint density at radius 3 is 1.96 bits per heavy atom. The maximum Gasteiger partial charge on any atom is 0.261 e. The Labute approximate surface area is 145 Å². The average molecular weight is 384 g/mol. The van der Waals surface area contributed by atoms with E-state index >= 15 is 0 Å². The molecule has 25 heavy (non-hydrogen) atoms. The molecule has 0 radical (unpaired) electrons. The quantitative estimate of drug-likeness (QED) is 0.724. The Morgan fingerprint density at radius 1 is 0.960 bits per heavy atom. The van der Waals surface area contributed by atoms with Gasteiger partial charge >= 0.3 is 0 Å². The monoisotopic (exact) mass is 384 g/mol. The highest BCUT2D eigenvalue weighted by atomic mass is 32.2. The topological polar surface area (TPSA) is 133 Å². The SMILES string of the molecule is CS(=O)(=O)c1ccc(S(=O)(=O)Nc2ccc(OCC(N)=O)cc2)cc1. The van der Waals surface area contributed by atoms with Gasteiger partial charge < -0.3 is 10.5 Å². The van der Waals surface area contributed by atoms with E-state index in [1.165, 1.54) is 48.5 Å². The second-order valence-electron chi connectivity index (χ2n) is 5.13. The number of benzene rings is 2. The normalized spacial score (nSPS) is 11.7. The summed E-state index contributed by atoms with van der Waals surface area (Å²) in [7, 11) is -7.28. The fourth-order valence-electron chi connectivity index (χ4n) is 1.85. The Bertz CT molecular complexity index is 966. The predicted molar refractivity (Wildman–Crippen MR) is 91.5 cm³/mol. The molecule has 0 aliphatic carbocycles. The van der Waals surface area contributed by atoms with Crippen molar-refractivity contribution in [3.63, 3.8) is 0 Å². The van der Waals surface area contributed by atoms with Crippen LogP contribution in [0.2, 0.25) is 0 Å². The zero-order chi connectivity index (χ0) is 18.7. The lowest BCUT2D eigenvalue weighted by molar-refractivity contribution is -0.119. The van der Waals surface area contributed by atoms with Crippen LogP contribution in [0.4, 0.5) is 5.69 Å². The summed E-state index contributed by atoms with van der Waals surface area (Å²) in [4.78, 5) is 10.6. The van der Waals surface area contributed by atoms with Gasteiger partial charge in [-0.2, -0.15) is 0 Å². The van der Waals surface area contributed by atoms with Gasteiger partial charge in [0.15, 0.2) is 16.4 Å². The molecule has 0 saturated carbocycles. The molecule has 10 heteroatoms. The number of sulfonamides is 1. The second kappa shape index (κ2) is 7.11. The molecule has 0 spiro atoms. The summed E-state index contributed by atoms with van der Waals surface area (Å²) < 4.78 is 54.9. The zero-order valence-corrected chi connectivity index (χ0v) is 14.8. The summed E-state index contributed by atoms with van der Waals surface area (Å²) in [6, 6.07) is 10.8. The van der Waals surface area contributed by atoms with E-state index in [0.717, 1.165) is 6.26 Å². The van der Waals surface area contributed by atoms with Gasteiger partial charge in [-0.05, 0) is 48.5 Å². The summed E-state index contributed by atoms with van der Waals surface area (Å²) in [6.45, 7) is -0.280. The highest BCUT2D eigenvalue weighted by molar-refractivity contribution is 7.92. The molecule has 0 saturated heterocycles. The number of sulfone groups is 1. The molecule has 0 atom stereocenters. The number of anilines is 1. The lowest BCUT2D eigenvalue weighted by atomic mass is 10.3. The van der Waals surface area contributed by atoms with Crippen LogP contribution in [0, 0.1) is 0 Å². The van der Waals surface area contributed by atoms with Gasteiger partial charge in [-0.3, -0.25) is 9.52 Å². The number of amides is 1. The molecular weight excluding hydrogens is 368 g/mol. The van der Waals surface area contributed by atoms with Crippen molar-refractivity contribution in [3.05, 3.63) is 48.5 Å². The molecule has 0 unspecified atom stereocenters. The predicted octanol–water partition coefficient (Wildman–Crippen LogP) is 0.755. The molecule has 3 N–H and O–H groups in total. The van der Waals surface area contributed by atoms with E-state index < -0.39 is 25.8 Å². The third-order valence-corrected chi connectivity index (χ3v) is 5.58. The molecule has 0 fully saturated rings. The lowest BCUT2D eigenvalue weighted by Crippen LogP contribution is -2.20. The van der Waals surface area contributed by atoms with Crippen molar-refractivity contribution >= 4 is 31.5 Å². The van der Waals surface area contributed by atoms with Crippen molar-refractivity contribution in [2.75, 3.05) is 17.6 Å². The van der Waals surface area contributed by atoms with Crippen LogP contribution in [-0.4, -0.2) is 35.6 Å². The number of primary amides is 1. The molecule has 2 aromatic rings. The molecule has 0 aromatic heterocycles. The van der Waals surface area contributed by atoms with E-state index in [-0.39, 0.29) is 22.1 Å². The average Bonchev–Trinajstić information content (AvgIpc) is 2.53. The summed E-state index contributed by atoms with van der Waals surface area (Å²) >= 11 is 0. The number of nitrogens with two attached hydrogens (primary N) is 1.